The molecule has 0 unspecified atom stereocenters. The van der Waals surface area contributed by atoms with E-state index in [2.05, 4.69) is 4.98 Å². The zero-order chi connectivity index (χ0) is 11.5. The molecule has 84 valence electrons. The molecule has 0 atom stereocenters. The van der Waals surface area contributed by atoms with Crippen LogP contribution in [0.25, 0.3) is 0 Å². The molecule has 0 radical (unpaired) electrons. The third-order valence-electron chi connectivity index (χ3n) is 2.33. The summed E-state index contributed by atoms with van der Waals surface area (Å²) in [5.74, 6) is 0.299. The SMILES string of the molecule is Cc1nc(Cc2ccc(F)cc2)sc1CCl. The fraction of sp³-hybridized carbons (Fsp3) is 0.250. The van der Waals surface area contributed by atoms with Crippen LogP contribution in [-0.4, -0.2) is 4.98 Å². The van der Waals surface area contributed by atoms with Gasteiger partial charge in [-0.2, -0.15) is 0 Å². The Morgan fingerprint density at radius 3 is 2.56 bits per heavy atom. The van der Waals surface area contributed by atoms with Crippen LogP contribution in [0.1, 0.15) is 21.1 Å². The van der Waals surface area contributed by atoms with Gasteiger partial charge in [0.15, 0.2) is 0 Å². The summed E-state index contributed by atoms with van der Waals surface area (Å²) < 4.78 is 12.7. The number of halogens is 2. The number of aromatic nitrogens is 1. The van der Waals surface area contributed by atoms with Crippen LogP contribution in [0.2, 0.25) is 0 Å². The van der Waals surface area contributed by atoms with Gasteiger partial charge in [-0.3, -0.25) is 0 Å². The van der Waals surface area contributed by atoms with Crippen molar-refractivity contribution in [1.29, 1.82) is 0 Å². The van der Waals surface area contributed by atoms with Gasteiger partial charge in [0.05, 0.1) is 16.6 Å². The van der Waals surface area contributed by atoms with Crippen molar-refractivity contribution < 1.29 is 4.39 Å². The molecule has 0 fully saturated rings. The lowest BCUT2D eigenvalue weighted by molar-refractivity contribution is 0.627. The summed E-state index contributed by atoms with van der Waals surface area (Å²) in [6, 6.07) is 6.51. The Morgan fingerprint density at radius 1 is 1.31 bits per heavy atom. The van der Waals surface area contributed by atoms with Gasteiger partial charge in [-0.25, -0.2) is 9.37 Å². The number of aryl methyl sites for hydroxylation is 1. The standard InChI is InChI=1S/C12H11ClFNS/c1-8-11(7-13)16-12(15-8)6-9-2-4-10(14)5-3-9/h2-5H,6-7H2,1H3. The fourth-order valence-corrected chi connectivity index (χ4v) is 2.78. The van der Waals surface area contributed by atoms with E-state index in [4.69, 9.17) is 11.6 Å². The molecule has 1 heterocycles. The first-order chi connectivity index (χ1) is 7.69. The van der Waals surface area contributed by atoms with E-state index in [1.807, 2.05) is 6.92 Å². The normalized spacial score (nSPS) is 10.7. The maximum Gasteiger partial charge on any atom is 0.123 e. The topological polar surface area (TPSA) is 12.9 Å². The van der Waals surface area contributed by atoms with Gasteiger partial charge in [-0.05, 0) is 24.6 Å². The van der Waals surface area contributed by atoms with Crippen molar-refractivity contribution in [2.24, 2.45) is 0 Å². The van der Waals surface area contributed by atoms with Crippen LogP contribution >= 0.6 is 22.9 Å². The van der Waals surface area contributed by atoms with E-state index in [9.17, 15) is 4.39 Å². The lowest BCUT2D eigenvalue weighted by Gasteiger charge is -1.96. The maximum atomic E-state index is 12.7. The molecule has 0 saturated heterocycles. The molecule has 0 aliphatic carbocycles. The summed E-state index contributed by atoms with van der Waals surface area (Å²) in [5, 5.41) is 1.03. The molecule has 1 aromatic carbocycles. The molecule has 0 amide bonds. The highest BCUT2D eigenvalue weighted by molar-refractivity contribution is 7.12. The van der Waals surface area contributed by atoms with Crippen molar-refractivity contribution in [3.8, 4) is 0 Å². The molecule has 0 spiro atoms. The highest BCUT2D eigenvalue weighted by Crippen LogP contribution is 2.22. The minimum Gasteiger partial charge on any atom is -0.246 e. The lowest BCUT2D eigenvalue weighted by Crippen LogP contribution is -1.87. The van der Waals surface area contributed by atoms with Crippen LogP contribution in [0.4, 0.5) is 4.39 Å². The van der Waals surface area contributed by atoms with Crippen LogP contribution in [0.3, 0.4) is 0 Å². The van der Waals surface area contributed by atoms with Crippen molar-refractivity contribution in [3.63, 3.8) is 0 Å². The molecule has 0 aliphatic rings. The number of rotatable bonds is 3. The summed E-state index contributed by atoms with van der Waals surface area (Å²) in [6.07, 6.45) is 0.739. The number of nitrogens with zero attached hydrogens (tertiary/aromatic N) is 1. The minimum atomic E-state index is -0.208. The van der Waals surface area contributed by atoms with E-state index in [0.717, 1.165) is 27.6 Å². The van der Waals surface area contributed by atoms with Crippen molar-refractivity contribution in [2.45, 2.75) is 19.2 Å². The molecule has 2 rings (SSSR count). The zero-order valence-electron chi connectivity index (χ0n) is 8.84. The average Bonchev–Trinajstić information content (AvgIpc) is 2.62. The number of thiazole rings is 1. The van der Waals surface area contributed by atoms with Crippen LogP contribution in [0.5, 0.6) is 0 Å². The zero-order valence-corrected chi connectivity index (χ0v) is 10.4. The Kier molecular flexibility index (Phi) is 3.56. The Balaban J connectivity index is 2.17. The summed E-state index contributed by atoms with van der Waals surface area (Å²) in [6.45, 7) is 1.96. The van der Waals surface area contributed by atoms with Gasteiger partial charge in [0.25, 0.3) is 0 Å². The lowest BCUT2D eigenvalue weighted by atomic mass is 10.1. The van der Waals surface area contributed by atoms with E-state index in [0.29, 0.717) is 5.88 Å². The first-order valence-electron chi connectivity index (χ1n) is 4.94. The van der Waals surface area contributed by atoms with Gasteiger partial charge < -0.3 is 0 Å². The summed E-state index contributed by atoms with van der Waals surface area (Å²) in [7, 11) is 0. The third-order valence-corrected chi connectivity index (χ3v) is 3.91. The molecular formula is C12H11ClFNS. The van der Waals surface area contributed by atoms with Gasteiger partial charge in [-0.1, -0.05) is 12.1 Å². The second kappa shape index (κ2) is 4.93. The van der Waals surface area contributed by atoms with Crippen molar-refractivity contribution in [3.05, 3.63) is 51.2 Å². The molecule has 1 aromatic heterocycles. The van der Waals surface area contributed by atoms with Crippen molar-refractivity contribution in [2.75, 3.05) is 0 Å². The quantitative estimate of drug-likeness (QED) is 0.758. The Hall–Kier alpha value is -0.930. The second-order valence-electron chi connectivity index (χ2n) is 3.55. The number of hydrogen-bond acceptors (Lipinski definition) is 2. The molecule has 16 heavy (non-hydrogen) atoms. The second-order valence-corrected chi connectivity index (χ2v) is 4.99. The molecular weight excluding hydrogens is 245 g/mol. The Bertz CT molecular complexity index is 478. The van der Waals surface area contributed by atoms with E-state index < -0.39 is 0 Å². The number of benzene rings is 1. The molecule has 1 nitrogen and oxygen atoms in total. The fourth-order valence-electron chi connectivity index (χ4n) is 1.46. The van der Waals surface area contributed by atoms with E-state index >= 15 is 0 Å². The molecule has 4 heteroatoms. The first kappa shape index (κ1) is 11.6. The predicted molar refractivity (Wildman–Crippen MR) is 65.6 cm³/mol. The summed E-state index contributed by atoms with van der Waals surface area (Å²) in [5.41, 5.74) is 2.06. The van der Waals surface area contributed by atoms with Gasteiger partial charge in [0.1, 0.15) is 5.82 Å². The maximum absolute atomic E-state index is 12.7. The highest BCUT2D eigenvalue weighted by atomic mass is 35.5. The van der Waals surface area contributed by atoms with Crippen molar-refractivity contribution in [1.82, 2.24) is 4.98 Å². The van der Waals surface area contributed by atoms with Gasteiger partial charge in [0.2, 0.25) is 0 Å². The first-order valence-corrected chi connectivity index (χ1v) is 6.29. The third kappa shape index (κ3) is 2.60. The van der Waals surface area contributed by atoms with E-state index in [1.54, 1.807) is 23.5 Å². The smallest absolute Gasteiger partial charge is 0.123 e. The van der Waals surface area contributed by atoms with E-state index in [-0.39, 0.29) is 5.82 Å². The van der Waals surface area contributed by atoms with Crippen LogP contribution in [-0.2, 0) is 12.3 Å². The minimum absolute atomic E-state index is 0.208. The molecule has 0 N–H and O–H groups in total. The molecule has 0 saturated carbocycles. The molecule has 0 bridgehead atoms. The Labute approximate surface area is 103 Å². The Morgan fingerprint density at radius 2 is 2.00 bits per heavy atom. The van der Waals surface area contributed by atoms with Gasteiger partial charge >= 0.3 is 0 Å². The molecule has 0 aliphatic heterocycles. The van der Waals surface area contributed by atoms with Crippen LogP contribution in [0, 0.1) is 12.7 Å². The van der Waals surface area contributed by atoms with Crippen LogP contribution < -0.4 is 0 Å². The van der Waals surface area contributed by atoms with Crippen molar-refractivity contribution >= 4 is 22.9 Å². The predicted octanol–water partition coefficient (Wildman–Crippen LogP) is 3.92. The number of hydrogen-bond donors (Lipinski definition) is 0. The van der Waals surface area contributed by atoms with Gasteiger partial charge in [-0.15, -0.1) is 22.9 Å². The number of alkyl halides is 1. The van der Waals surface area contributed by atoms with E-state index in [1.165, 1.54) is 12.1 Å². The van der Waals surface area contributed by atoms with Gasteiger partial charge in [0, 0.05) is 11.3 Å². The monoisotopic (exact) mass is 255 g/mol. The molecule has 2 aromatic rings. The largest absolute Gasteiger partial charge is 0.246 e. The summed E-state index contributed by atoms with van der Waals surface area (Å²) in [4.78, 5) is 5.55. The average molecular weight is 256 g/mol. The van der Waals surface area contributed by atoms with Crippen LogP contribution in [0.15, 0.2) is 24.3 Å². The summed E-state index contributed by atoms with van der Waals surface area (Å²) >= 11 is 7.41. The highest BCUT2D eigenvalue weighted by Gasteiger charge is 2.07.